The summed E-state index contributed by atoms with van der Waals surface area (Å²) in [6, 6.07) is 6.40. The molecule has 0 radical (unpaired) electrons. The van der Waals surface area contributed by atoms with Crippen molar-refractivity contribution in [3.8, 4) is 5.75 Å². The van der Waals surface area contributed by atoms with Crippen LogP contribution in [0.5, 0.6) is 5.75 Å². The molecule has 1 aromatic heterocycles. The van der Waals surface area contributed by atoms with Crippen molar-refractivity contribution in [2.75, 3.05) is 18.5 Å². The SMILES string of the molecule is c1cc2c(cc1CCNc1nnns1)CCO2. The maximum atomic E-state index is 5.48. The predicted molar refractivity (Wildman–Crippen MR) is 65.5 cm³/mol. The quantitative estimate of drug-likeness (QED) is 0.889. The molecule has 0 fully saturated rings. The van der Waals surface area contributed by atoms with Gasteiger partial charge in [-0.25, -0.2) is 0 Å². The third-order valence-electron chi connectivity index (χ3n) is 2.74. The first kappa shape index (κ1) is 10.5. The number of aromatic nitrogens is 3. The highest BCUT2D eigenvalue weighted by atomic mass is 32.1. The summed E-state index contributed by atoms with van der Waals surface area (Å²) in [5.74, 6) is 1.04. The topological polar surface area (TPSA) is 59.9 Å². The molecular weight excluding hydrogens is 236 g/mol. The summed E-state index contributed by atoms with van der Waals surface area (Å²) in [5.41, 5.74) is 2.64. The molecule has 5 nitrogen and oxygen atoms in total. The van der Waals surface area contributed by atoms with Gasteiger partial charge in [0.25, 0.3) is 0 Å². The fraction of sp³-hybridized carbons (Fsp3) is 0.364. The zero-order chi connectivity index (χ0) is 11.5. The van der Waals surface area contributed by atoms with Gasteiger partial charge in [-0.3, -0.25) is 0 Å². The van der Waals surface area contributed by atoms with Crippen LogP contribution in [0.15, 0.2) is 18.2 Å². The van der Waals surface area contributed by atoms with Crippen molar-refractivity contribution in [2.24, 2.45) is 0 Å². The van der Waals surface area contributed by atoms with Gasteiger partial charge in [0.15, 0.2) is 0 Å². The highest BCUT2D eigenvalue weighted by molar-refractivity contribution is 7.09. The molecule has 6 heteroatoms. The van der Waals surface area contributed by atoms with Crippen molar-refractivity contribution in [1.82, 2.24) is 14.8 Å². The third kappa shape index (κ3) is 2.36. The predicted octanol–water partition coefficient (Wildman–Crippen LogP) is 1.52. The van der Waals surface area contributed by atoms with E-state index < -0.39 is 0 Å². The molecular formula is C11H12N4OS. The summed E-state index contributed by atoms with van der Waals surface area (Å²) in [7, 11) is 0. The molecule has 0 spiro atoms. The fourth-order valence-corrected chi connectivity index (χ4v) is 2.30. The maximum absolute atomic E-state index is 5.48. The number of nitrogens with zero attached hydrogens (tertiary/aromatic N) is 3. The monoisotopic (exact) mass is 248 g/mol. The second-order valence-corrected chi connectivity index (χ2v) is 4.62. The zero-order valence-corrected chi connectivity index (χ0v) is 10.0. The number of ether oxygens (including phenoxy) is 1. The Hall–Kier alpha value is -1.69. The molecule has 1 aliphatic rings. The summed E-state index contributed by atoms with van der Waals surface area (Å²) >= 11 is 1.27. The summed E-state index contributed by atoms with van der Waals surface area (Å²) in [6.45, 7) is 1.66. The summed E-state index contributed by atoms with van der Waals surface area (Å²) in [4.78, 5) is 0. The van der Waals surface area contributed by atoms with E-state index in [4.69, 9.17) is 4.74 Å². The molecule has 0 atom stereocenters. The summed E-state index contributed by atoms with van der Waals surface area (Å²) in [6.07, 6.45) is 1.99. The molecule has 0 aliphatic carbocycles. The van der Waals surface area contributed by atoms with E-state index in [0.717, 1.165) is 36.9 Å². The molecule has 2 aromatic rings. The lowest BCUT2D eigenvalue weighted by atomic mass is 10.1. The molecule has 3 rings (SSSR count). The molecule has 88 valence electrons. The lowest BCUT2D eigenvalue weighted by Gasteiger charge is -2.04. The first-order valence-electron chi connectivity index (χ1n) is 5.55. The van der Waals surface area contributed by atoms with E-state index in [0.29, 0.717) is 0 Å². The number of rotatable bonds is 4. The van der Waals surface area contributed by atoms with Gasteiger partial charge in [0.05, 0.1) is 6.61 Å². The third-order valence-corrected chi connectivity index (χ3v) is 3.30. The standard InChI is InChI=1S/C11H12N4OS/c1-2-10-9(4-6-16-10)7-8(1)3-5-12-11-13-14-15-17-11/h1-2,7H,3-6H2,(H,12,13,15). The van der Waals surface area contributed by atoms with Crippen molar-refractivity contribution in [3.63, 3.8) is 0 Å². The fourth-order valence-electron chi connectivity index (χ4n) is 1.91. The maximum Gasteiger partial charge on any atom is 0.225 e. The molecule has 0 saturated heterocycles. The average molecular weight is 248 g/mol. The lowest BCUT2D eigenvalue weighted by molar-refractivity contribution is 0.357. The molecule has 1 aromatic carbocycles. The van der Waals surface area contributed by atoms with Gasteiger partial charge in [0.2, 0.25) is 5.13 Å². The van der Waals surface area contributed by atoms with Crippen LogP contribution in [0.1, 0.15) is 11.1 Å². The number of hydrogen-bond acceptors (Lipinski definition) is 6. The van der Waals surface area contributed by atoms with Gasteiger partial charge < -0.3 is 10.1 Å². The second kappa shape index (κ2) is 4.67. The van der Waals surface area contributed by atoms with E-state index in [1.165, 1.54) is 22.7 Å². The van der Waals surface area contributed by atoms with E-state index in [9.17, 15) is 0 Å². The highest BCUT2D eigenvalue weighted by Gasteiger charge is 2.11. The van der Waals surface area contributed by atoms with Crippen LogP contribution in [-0.2, 0) is 12.8 Å². The van der Waals surface area contributed by atoms with Crippen LogP contribution < -0.4 is 10.1 Å². The Bertz CT molecular complexity index is 500. The molecule has 1 aliphatic heterocycles. The normalized spacial score (nSPS) is 13.2. The number of fused-ring (bicyclic) bond motifs is 1. The van der Waals surface area contributed by atoms with Crippen LogP contribution in [0, 0.1) is 0 Å². The Morgan fingerprint density at radius 2 is 2.41 bits per heavy atom. The zero-order valence-electron chi connectivity index (χ0n) is 9.22. The van der Waals surface area contributed by atoms with Crippen LogP contribution >= 0.6 is 11.5 Å². The molecule has 17 heavy (non-hydrogen) atoms. The van der Waals surface area contributed by atoms with Crippen LogP contribution in [0.2, 0.25) is 0 Å². The van der Waals surface area contributed by atoms with E-state index >= 15 is 0 Å². The Kier molecular flexibility index (Phi) is 2.87. The van der Waals surface area contributed by atoms with Crippen molar-refractivity contribution in [3.05, 3.63) is 29.3 Å². The van der Waals surface area contributed by atoms with Gasteiger partial charge in [0.1, 0.15) is 5.75 Å². The van der Waals surface area contributed by atoms with E-state index in [1.54, 1.807) is 0 Å². The molecule has 1 N–H and O–H groups in total. The first-order chi connectivity index (χ1) is 8.42. The van der Waals surface area contributed by atoms with Gasteiger partial charge in [-0.2, -0.15) is 0 Å². The minimum Gasteiger partial charge on any atom is -0.493 e. The van der Waals surface area contributed by atoms with Crippen molar-refractivity contribution < 1.29 is 4.74 Å². The van der Waals surface area contributed by atoms with Crippen LogP contribution in [0.4, 0.5) is 5.13 Å². The average Bonchev–Trinajstić information content (AvgIpc) is 2.98. The van der Waals surface area contributed by atoms with Crippen LogP contribution in [-0.4, -0.2) is 28.0 Å². The minimum absolute atomic E-state index is 0.773. The van der Waals surface area contributed by atoms with E-state index in [1.807, 2.05) is 0 Å². The van der Waals surface area contributed by atoms with Crippen molar-refractivity contribution >= 4 is 16.7 Å². The first-order valence-corrected chi connectivity index (χ1v) is 6.33. The molecule has 2 heterocycles. The van der Waals surface area contributed by atoms with E-state index in [2.05, 4.69) is 38.3 Å². The highest BCUT2D eigenvalue weighted by Crippen LogP contribution is 2.25. The largest absolute Gasteiger partial charge is 0.493 e. The molecule has 0 bridgehead atoms. The van der Waals surface area contributed by atoms with Gasteiger partial charge >= 0.3 is 0 Å². The molecule has 0 saturated carbocycles. The Morgan fingerprint density at radius 3 is 3.29 bits per heavy atom. The van der Waals surface area contributed by atoms with Crippen molar-refractivity contribution in [1.29, 1.82) is 0 Å². The Balaban J connectivity index is 1.58. The van der Waals surface area contributed by atoms with Gasteiger partial charge in [-0.05, 0) is 28.8 Å². The van der Waals surface area contributed by atoms with E-state index in [-0.39, 0.29) is 0 Å². The van der Waals surface area contributed by atoms with Gasteiger partial charge in [0, 0.05) is 24.5 Å². The van der Waals surface area contributed by atoms with Gasteiger partial charge in [-0.1, -0.05) is 21.7 Å². The Morgan fingerprint density at radius 1 is 1.41 bits per heavy atom. The summed E-state index contributed by atoms with van der Waals surface area (Å²) < 4.78 is 9.17. The number of hydrogen-bond donors (Lipinski definition) is 1. The molecule has 0 amide bonds. The van der Waals surface area contributed by atoms with Gasteiger partial charge in [-0.15, -0.1) is 0 Å². The Labute approximate surface area is 103 Å². The summed E-state index contributed by atoms with van der Waals surface area (Å²) in [5, 5.41) is 11.3. The van der Waals surface area contributed by atoms with Crippen LogP contribution in [0.25, 0.3) is 0 Å². The minimum atomic E-state index is 0.773. The number of nitrogens with one attached hydrogen (secondary N) is 1. The van der Waals surface area contributed by atoms with Crippen LogP contribution in [0.3, 0.4) is 0 Å². The van der Waals surface area contributed by atoms with Crippen molar-refractivity contribution in [2.45, 2.75) is 12.8 Å². The second-order valence-electron chi connectivity index (χ2n) is 3.88. The lowest BCUT2D eigenvalue weighted by Crippen LogP contribution is -2.04. The number of benzene rings is 1. The number of anilines is 1. The smallest absolute Gasteiger partial charge is 0.225 e. The molecule has 0 unspecified atom stereocenters.